The summed E-state index contributed by atoms with van der Waals surface area (Å²) in [4.78, 5) is 0. The summed E-state index contributed by atoms with van der Waals surface area (Å²) in [5.41, 5.74) is 8.74. The van der Waals surface area contributed by atoms with Crippen LogP contribution in [0.15, 0.2) is 72.8 Å². The lowest BCUT2D eigenvalue weighted by molar-refractivity contribution is 0.302. The number of benzene rings is 3. The zero-order valence-electron chi connectivity index (χ0n) is 27.0. The highest BCUT2D eigenvalue weighted by Gasteiger charge is 2.23. The van der Waals surface area contributed by atoms with E-state index in [1.54, 1.807) is 11.1 Å². The third-order valence-electron chi connectivity index (χ3n) is 10.9. The number of hydrogen-bond donors (Lipinski definition) is 0. The molecular weight excluding hydrogens is 504 g/mol. The maximum Gasteiger partial charge on any atom is -0.0162 e. The lowest BCUT2D eigenvalue weighted by atomic mass is 9.77. The van der Waals surface area contributed by atoms with Crippen LogP contribution in [0.2, 0.25) is 0 Å². The summed E-state index contributed by atoms with van der Waals surface area (Å²) in [6, 6.07) is 28.5. The first-order chi connectivity index (χ1) is 20.7. The van der Waals surface area contributed by atoms with Crippen molar-refractivity contribution in [2.75, 3.05) is 0 Å². The molecule has 0 heterocycles. The lowest BCUT2D eigenvalue weighted by Gasteiger charge is -2.29. The second-order valence-electron chi connectivity index (χ2n) is 14.0. The zero-order chi connectivity index (χ0) is 29.0. The monoisotopic (exact) mass is 562 g/mol. The van der Waals surface area contributed by atoms with Crippen molar-refractivity contribution in [3.63, 3.8) is 0 Å². The highest BCUT2D eigenvalue weighted by molar-refractivity contribution is 5.64. The molecule has 3 aromatic carbocycles. The van der Waals surface area contributed by atoms with Crippen molar-refractivity contribution in [2.45, 2.75) is 141 Å². The standard InChI is InChI=1S/C42H58/c1-3-5-6-7-8-10-34-15-23-39(24-16-34)41-29-31-42(32-30-41)40-27-19-36(20-28-40)12-11-35-17-25-38(26-18-35)37-21-13-33(9-4-2)14-22-37/h17-20,25-34,37,39H,3-16,21-24H2,1-2H3. The Labute approximate surface area is 258 Å². The van der Waals surface area contributed by atoms with Gasteiger partial charge in [0.1, 0.15) is 0 Å². The Bertz CT molecular complexity index is 1140. The first-order valence-corrected chi connectivity index (χ1v) is 18.0. The van der Waals surface area contributed by atoms with Gasteiger partial charge in [0.2, 0.25) is 0 Å². The number of unbranched alkanes of at least 4 members (excludes halogenated alkanes) is 4. The van der Waals surface area contributed by atoms with Crippen LogP contribution >= 0.6 is 0 Å². The van der Waals surface area contributed by atoms with Crippen LogP contribution in [0.1, 0.15) is 151 Å². The summed E-state index contributed by atoms with van der Waals surface area (Å²) in [7, 11) is 0. The van der Waals surface area contributed by atoms with Crippen molar-refractivity contribution in [1.82, 2.24) is 0 Å². The average Bonchev–Trinajstić information content (AvgIpc) is 3.05. The van der Waals surface area contributed by atoms with E-state index >= 15 is 0 Å². The van der Waals surface area contributed by atoms with Crippen LogP contribution < -0.4 is 0 Å². The highest BCUT2D eigenvalue weighted by atomic mass is 14.3. The molecule has 0 aliphatic heterocycles. The Morgan fingerprint density at radius 2 is 0.857 bits per heavy atom. The third-order valence-corrected chi connectivity index (χ3v) is 10.9. The SMILES string of the molecule is CCCCCCCC1CCC(c2ccc(-c3ccc(CCc4ccc(C5CCC(CCC)CC5)cc4)cc3)cc2)CC1. The molecule has 0 N–H and O–H groups in total. The van der Waals surface area contributed by atoms with Crippen LogP contribution in [0.5, 0.6) is 0 Å². The average molecular weight is 563 g/mol. The molecule has 3 aromatic rings. The molecule has 0 unspecified atom stereocenters. The van der Waals surface area contributed by atoms with E-state index in [2.05, 4.69) is 86.6 Å². The largest absolute Gasteiger partial charge is 0.0654 e. The van der Waals surface area contributed by atoms with Gasteiger partial charge in [0.15, 0.2) is 0 Å². The van der Waals surface area contributed by atoms with Gasteiger partial charge in [-0.3, -0.25) is 0 Å². The molecule has 226 valence electrons. The minimum absolute atomic E-state index is 0.771. The third kappa shape index (κ3) is 9.08. The van der Waals surface area contributed by atoms with E-state index in [4.69, 9.17) is 0 Å². The van der Waals surface area contributed by atoms with Gasteiger partial charge in [-0.1, -0.05) is 138 Å². The van der Waals surface area contributed by atoms with E-state index in [1.807, 2.05) is 0 Å². The second-order valence-corrected chi connectivity index (χ2v) is 14.0. The maximum absolute atomic E-state index is 2.42. The normalized spacial score (nSPS) is 22.7. The number of rotatable bonds is 14. The van der Waals surface area contributed by atoms with Crippen LogP contribution in [0.25, 0.3) is 11.1 Å². The van der Waals surface area contributed by atoms with E-state index in [0.717, 1.165) is 36.5 Å². The minimum atomic E-state index is 0.771. The van der Waals surface area contributed by atoms with Crippen LogP contribution in [0.3, 0.4) is 0 Å². The number of hydrogen-bond acceptors (Lipinski definition) is 0. The molecule has 5 rings (SSSR count). The molecular formula is C42H58. The summed E-state index contributed by atoms with van der Waals surface area (Å²) in [5.74, 6) is 3.53. The highest BCUT2D eigenvalue weighted by Crippen LogP contribution is 2.39. The quantitative estimate of drug-likeness (QED) is 0.171. The fraction of sp³-hybridized carbons (Fsp3) is 0.571. The zero-order valence-corrected chi connectivity index (χ0v) is 27.0. The minimum Gasteiger partial charge on any atom is -0.0654 e. The lowest BCUT2D eigenvalue weighted by Crippen LogP contribution is -2.13. The Balaban J connectivity index is 1.04. The van der Waals surface area contributed by atoms with Gasteiger partial charge in [0.05, 0.1) is 0 Å². The van der Waals surface area contributed by atoms with Crippen molar-refractivity contribution in [3.05, 3.63) is 95.1 Å². The smallest absolute Gasteiger partial charge is 0.0162 e. The van der Waals surface area contributed by atoms with Crippen molar-refractivity contribution >= 4 is 0 Å². The topological polar surface area (TPSA) is 0 Å². The molecule has 42 heavy (non-hydrogen) atoms. The van der Waals surface area contributed by atoms with Crippen LogP contribution in [0, 0.1) is 11.8 Å². The predicted octanol–water partition coefficient (Wildman–Crippen LogP) is 12.8. The maximum atomic E-state index is 2.42. The fourth-order valence-electron chi connectivity index (χ4n) is 8.07. The van der Waals surface area contributed by atoms with Crippen molar-refractivity contribution in [2.24, 2.45) is 11.8 Å². The van der Waals surface area contributed by atoms with Gasteiger partial charge in [-0.05, 0) is 121 Å². The predicted molar refractivity (Wildman–Crippen MR) is 183 cm³/mol. The van der Waals surface area contributed by atoms with E-state index in [9.17, 15) is 0 Å². The molecule has 2 aliphatic rings. The first kappa shape index (κ1) is 31.1. The molecule has 0 atom stereocenters. The molecule has 2 fully saturated rings. The molecule has 0 bridgehead atoms. The van der Waals surface area contributed by atoms with Crippen molar-refractivity contribution in [3.8, 4) is 11.1 Å². The molecule has 0 spiro atoms. The van der Waals surface area contributed by atoms with Gasteiger partial charge in [0, 0.05) is 0 Å². The van der Waals surface area contributed by atoms with E-state index in [0.29, 0.717) is 0 Å². The van der Waals surface area contributed by atoms with Crippen molar-refractivity contribution in [1.29, 1.82) is 0 Å². The van der Waals surface area contributed by atoms with Gasteiger partial charge in [-0.2, -0.15) is 0 Å². The van der Waals surface area contributed by atoms with Crippen LogP contribution in [-0.4, -0.2) is 0 Å². The van der Waals surface area contributed by atoms with Crippen molar-refractivity contribution < 1.29 is 0 Å². The fourth-order valence-corrected chi connectivity index (χ4v) is 8.07. The summed E-state index contributed by atoms with van der Waals surface area (Å²) in [6.07, 6.45) is 24.9. The van der Waals surface area contributed by atoms with Crippen LogP contribution in [-0.2, 0) is 12.8 Å². The first-order valence-electron chi connectivity index (χ1n) is 18.0. The number of aryl methyl sites for hydroxylation is 2. The van der Waals surface area contributed by atoms with Gasteiger partial charge in [-0.25, -0.2) is 0 Å². The Morgan fingerprint density at radius 1 is 0.429 bits per heavy atom. The summed E-state index contributed by atoms with van der Waals surface area (Å²) < 4.78 is 0. The van der Waals surface area contributed by atoms with E-state index in [-0.39, 0.29) is 0 Å². The van der Waals surface area contributed by atoms with Gasteiger partial charge in [-0.15, -0.1) is 0 Å². The molecule has 0 aromatic heterocycles. The molecule has 0 radical (unpaired) electrons. The molecule has 0 amide bonds. The Kier molecular flexibility index (Phi) is 12.2. The van der Waals surface area contributed by atoms with Gasteiger partial charge < -0.3 is 0 Å². The van der Waals surface area contributed by atoms with E-state index < -0.39 is 0 Å². The molecule has 2 aliphatic carbocycles. The van der Waals surface area contributed by atoms with Gasteiger partial charge >= 0.3 is 0 Å². The van der Waals surface area contributed by atoms with Gasteiger partial charge in [0.25, 0.3) is 0 Å². The summed E-state index contributed by atoms with van der Waals surface area (Å²) >= 11 is 0. The van der Waals surface area contributed by atoms with E-state index in [1.165, 1.54) is 125 Å². The Hall–Kier alpha value is -2.34. The molecule has 0 saturated heterocycles. The Morgan fingerprint density at radius 3 is 1.36 bits per heavy atom. The molecule has 0 nitrogen and oxygen atoms in total. The molecule has 0 heteroatoms. The summed E-state index contributed by atoms with van der Waals surface area (Å²) in [6.45, 7) is 4.64. The molecule has 2 saturated carbocycles. The van der Waals surface area contributed by atoms with Crippen LogP contribution in [0.4, 0.5) is 0 Å². The summed E-state index contributed by atoms with van der Waals surface area (Å²) in [5, 5.41) is 0. The second kappa shape index (κ2) is 16.5.